The van der Waals surface area contributed by atoms with Crippen LogP contribution in [0.5, 0.6) is 0 Å². The van der Waals surface area contributed by atoms with Gasteiger partial charge in [-0.3, -0.25) is 14.4 Å². The highest BCUT2D eigenvalue weighted by molar-refractivity contribution is 5.69. The van der Waals surface area contributed by atoms with E-state index in [2.05, 4.69) is 36.7 Å². The van der Waals surface area contributed by atoms with Crippen molar-refractivity contribution < 1.29 is 28.6 Å². The molecular weight excluding hydrogens is 546 g/mol. The van der Waals surface area contributed by atoms with Crippen molar-refractivity contribution in [3.8, 4) is 0 Å². The molecule has 0 saturated carbocycles. The number of hydrogen-bond donors (Lipinski definition) is 3. The second-order valence-electron chi connectivity index (χ2n) is 12.4. The van der Waals surface area contributed by atoms with E-state index in [9.17, 15) is 14.4 Å². The smallest absolute Gasteiger partial charge is 0.305 e. The van der Waals surface area contributed by atoms with Crippen LogP contribution in [0.15, 0.2) is 0 Å². The van der Waals surface area contributed by atoms with Gasteiger partial charge in [0, 0.05) is 57.0 Å². The molecule has 9 nitrogen and oxygen atoms in total. The molecule has 1 rings (SSSR count). The Labute approximate surface area is 262 Å². The van der Waals surface area contributed by atoms with Gasteiger partial charge in [-0.2, -0.15) is 0 Å². The van der Waals surface area contributed by atoms with Gasteiger partial charge >= 0.3 is 17.9 Å². The second kappa shape index (κ2) is 27.8. The summed E-state index contributed by atoms with van der Waals surface area (Å²) in [5.74, 6) is -0.318. The number of hydrogen-bond acceptors (Lipinski definition) is 9. The van der Waals surface area contributed by atoms with Gasteiger partial charge < -0.3 is 30.2 Å². The first-order chi connectivity index (χ1) is 20.9. The zero-order chi connectivity index (χ0) is 31.4. The number of nitrogens with one attached hydrogen (secondary N) is 3. The van der Waals surface area contributed by atoms with Gasteiger partial charge in [0.05, 0.1) is 0 Å². The second-order valence-corrected chi connectivity index (χ2v) is 12.4. The van der Waals surface area contributed by atoms with Crippen molar-refractivity contribution in [3.05, 3.63) is 0 Å². The summed E-state index contributed by atoms with van der Waals surface area (Å²) in [4.78, 5) is 36.0. The SMILES string of the molecule is CC1CCCCCCCC(=O)OCCNC(C)CCCCCC(=O)OCCNC(C)CCCCCCCC(=O)OCCN1. The predicted octanol–water partition coefficient (Wildman–Crippen LogP) is 5.98. The minimum atomic E-state index is -0.115. The molecule has 0 aliphatic carbocycles. The Morgan fingerprint density at radius 3 is 1.00 bits per heavy atom. The van der Waals surface area contributed by atoms with E-state index in [0.717, 1.165) is 96.3 Å². The number of carbonyl (C=O) groups is 3. The van der Waals surface area contributed by atoms with Crippen LogP contribution in [-0.4, -0.2) is 75.5 Å². The van der Waals surface area contributed by atoms with Gasteiger partial charge in [-0.15, -0.1) is 0 Å². The highest BCUT2D eigenvalue weighted by atomic mass is 16.5. The first kappa shape index (κ1) is 39.3. The van der Waals surface area contributed by atoms with E-state index >= 15 is 0 Å². The molecule has 0 aromatic rings. The molecule has 0 amide bonds. The normalized spacial score (nSPS) is 27.1. The minimum absolute atomic E-state index is 0.0955. The molecule has 0 bridgehead atoms. The molecule has 0 aromatic heterocycles. The summed E-state index contributed by atoms with van der Waals surface area (Å²) in [5.41, 5.74) is 0. The van der Waals surface area contributed by atoms with Gasteiger partial charge in [0.15, 0.2) is 0 Å². The Balaban J connectivity index is 2.29. The van der Waals surface area contributed by atoms with Crippen molar-refractivity contribution >= 4 is 17.9 Å². The molecule has 1 heterocycles. The monoisotopic (exact) mass is 611 g/mol. The van der Waals surface area contributed by atoms with Crippen molar-refractivity contribution in [1.29, 1.82) is 0 Å². The highest BCUT2D eigenvalue weighted by Crippen LogP contribution is 2.11. The maximum atomic E-state index is 12.0. The Bertz CT molecular complexity index is 708. The standard InChI is InChI=1S/C34H65N3O6/c1-29-17-11-6-4-9-15-21-33(39)42-27-25-37-31(3)19-13-10-16-22-34(40)43-28-24-36-30(2)18-12-7-5-8-14-20-32(38)41-26-23-35-29/h29-31,35-37H,4-28H2,1-3H3. The average Bonchev–Trinajstić information content (AvgIpc) is 2.98. The topological polar surface area (TPSA) is 115 Å². The minimum Gasteiger partial charge on any atom is -0.464 e. The molecule has 43 heavy (non-hydrogen) atoms. The first-order valence-electron chi connectivity index (χ1n) is 17.5. The van der Waals surface area contributed by atoms with Gasteiger partial charge in [-0.05, 0) is 59.3 Å². The van der Waals surface area contributed by atoms with Crippen LogP contribution < -0.4 is 16.0 Å². The molecule has 1 aliphatic heterocycles. The summed E-state index contributed by atoms with van der Waals surface area (Å²) in [6, 6.07) is 1.16. The summed E-state index contributed by atoms with van der Waals surface area (Å²) in [5, 5.41) is 10.3. The molecule has 3 unspecified atom stereocenters. The van der Waals surface area contributed by atoms with Gasteiger partial charge in [0.25, 0.3) is 0 Å². The predicted molar refractivity (Wildman–Crippen MR) is 173 cm³/mol. The first-order valence-corrected chi connectivity index (χ1v) is 17.5. The maximum absolute atomic E-state index is 12.0. The van der Waals surface area contributed by atoms with Gasteiger partial charge in [-0.25, -0.2) is 0 Å². The fourth-order valence-corrected chi connectivity index (χ4v) is 5.33. The molecule has 252 valence electrons. The van der Waals surface area contributed by atoms with E-state index in [-0.39, 0.29) is 17.9 Å². The van der Waals surface area contributed by atoms with E-state index in [1.165, 1.54) is 6.42 Å². The fourth-order valence-electron chi connectivity index (χ4n) is 5.33. The van der Waals surface area contributed by atoms with Crippen LogP contribution in [0, 0.1) is 0 Å². The summed E-state index contributed by atoms with van der Waals surface area (Å²) in [6.45, 7) is 9.80. The average molecular weight is 612 g/mol. The van der Waals surface area contributed by atoms with Crippen LogP contribution in [0.4, 0.5) is 0 Å². The van der Waals surface area contributed by atoms with Crippen LogP contribution >= 0.6 is 0 Å². The van der Waals surface area contributed by atoms with Crippen molar-refractivity contribution in [3.63, 3.8) is 0 Å². The van der Waals surface area contributed by atoms with Crippen LogP contribution in [-0.2, 0) is 28.6 Å². The zero-order valence-electron chi connectivity index (χ0n) is 27.9. The Morgan fingerprint density at radius 2 is 0.674 bits per heavy atom. The molecule has 0 aromatic carbocycles. The number of cyclic esters (lactones) is 3. The number of ether oxygens (including phenoxy) is 3. The largest absolute Gasteiger partial charge is 0.464 e. The third kappa shape index (κ3) is 26.4. The van der Waals surface area contributed by atoms with Crippen molar-refractivity contribution in [1.82, 2.24) is 16.0 Å². The Morgan fingerprint density at radius 1 is 0.419 bits per heavy atom. The van der Waals surface area contributed by atoms with E-state index in [1.54, 1.807) is 0 Å². The lowest BCUT2D eigenvalue weighted by Crippen LogP contribution is -2.30. The van der Waals surface area contributed by atoms with Crippen molar-refractivity contribution in [2.75, 3.05) is 39.5 Å². The molecule has 1 saturated heterocycles. The number of esters is 3. The zero-order valence-corrected chi connectivity index (χ0v) is 27.9. The van der Waals surface area contributed by atoms with E-state index in [0.29, 0.717) is 76.8 Å². The fraction of sp³-hybridized carbons (Fsp3) is 0.912. The van der Waals surface area contributed by atoms with Crippen LogP contribution in [0.1, 0.15) is 143 Å². The quantitative estimate of drug-likeness (QED) is 0.225. The van der Waals surface area contributed by atoms with Gasteiger partial charge in [0.1, 0.15) is 19.8 Å². The molecule has 1 aliphatic rings. The molecule has 3 atom stereocenters. The maximum Gasteiger partial charge on any atom is 0.305 e. The molecule has 1 fully saturated rings. The van der Waals surface area contributed by atoms with Gasteiger partial charge in [0.2, 0.25) is 0 Å². The van der Waals surface area contributed by atoms with E-state index in [1.807, 2.05) is 0 Å². The van der Waals surface area contributed by atoms with E-state index in [4.69, 9.17) is 14.2 Å². The molecule has 9 heteroatoms. The Hall–Kier alpha value is -1.71. The molecule has 3 N–H and O–H groups in total. The number of carbonyl (C=O) groups excluding carboxylic acids is 3. The van der Waals surface area contributed by atoms with Crippen LogP contribution in [0.3, 0.4) is 0 Å². The summed E-state index contributed by atoms with van der Waals surface area (Å²) in [7, 11) is 0. The molecule has 0 radical (unpaired) electrons. The molecular formula is C34H65N3O6. The summed E-state index contributed by atoms with van der Waals surface area (Å²) < 4.78 is 16.1. The third-order valence-corrected chi connectivity index (χ3v) is 8.13. The Kier molecular flexibility index (Phi) is 25.4. The van der Waals surface area contributed by atoms with Gasteiger partial charge in [-0.1, -0.05) is 64.2 Å². The lowest BCUT2D eigenvalue weighted by atomic mass is 10.1. The third-order valence-electron chi connectivity index (χ3n) is 8.13. The summed E-state index contributed by atoms with van der Waals surface area (Å²) in [6.07, 6.45) is 18.4. The van der Waals surface area contributed by atoms with Crippen molar-refractivity contribution in [2.45, 2.75) is 161 Å². The highest BCUT2D eigenvalue weighted by Gasteiger charge is 2.08. The van der Waals surface area contributed by atoms with Crippen molar-refractivity contribution in [2.24, 2.45) is 0 Å². The van der Waals surface area contributed by atoms with E-state index < -0.39 is 0 Å². The summed E-state index contributed by atoms with van der Waals surface area (Å²) >= 11 is 0. The lowest BCUT2D eigenvalue weighted by molar-refractivity contribution is -0.144. The van der Waals surface area contributed by atoms with Crippen LogP contribution in [0.25, 0.3) is 0 Å². The lowest BCUT2D eigenvalue weighted by Gasteiger charge is -2.14. The number of rotatable bonds is 0. The van der Waals surface area contributed by atoms with Crippen LogP contribution in [0.2, 0.25) is 0 Å². The molecule has 0 spiro atoms.